The fraction of sp³-hybridized carbons (Fsp3) is 0.667. The van der Waals surface area contributed by atoms with Crippen LogP contribution in [0.25, 0.3) is 0 Å². The smallest absolute Gasteiger partial charge is 0.222 e. The highest BCUT2D eigenvalue weighted by atomic mass is 16.5. The summed E-state index contributed by atoms with van der Waals surface area (Å²) >= 11 is 0. The number of nitrogens with one attached hydrogen (secondary N) is 1. The van der Waals surface area contributed by atoms with E-state index in [9.17, 15) is 4.79 Å². The molecular formula is C9H17NO2. The molecule has 0 rings (SSSR count). The molecule has 0 aliphatic rings. The van der Waals surface area contributed by atoms with Crippen LogP contribution in [0.1, 0.15) is 19.8 Å². The van der Waals surface area contributed by atoms with Crippen molar-refractivity contribution in [3.05, 3.63) is 12.7 Å². The molecule has 0 aliphatic heterocycles. The van der Waals surface area contributed by atoms with E-state index in [-0.39, 0.29) is 5.91 Å². The predicted molar refractivity (Wildman–Crippen MR) is 48.9 cm³/mol. The van der Waals surface area contributed by atoms with E-state index in [0.717, 1.165) is 6.42 Å². The third kappa shape index (κ3) is 7.28. The highest BCUT2D eigenvalue weighted by Gasteiger charge is 1.97. The molecular weight excluding hydrogens is 154 g/mol. The molecule has 0 atom stereocenters. The molecule has 0 fully saturated rings. The zero-order chi connectivity index (χ0) is 9.23. The molecule has 0 aromatic heterocycles. The van der Waals surface area contributed by atoms with Gasteiger partial charge in [-0.25, -0.2) is 0 Å². The minimum absolute atomic E-state index is 0.0466. The number of ether oxygens (including phenoxy) is 1. The molecule has 0 aromatic rings. The summed E-state index contributed by atoms with van der Waals surface area (Å²) in [5.41, 5.74) is 0. The molecule has 3 heteroatoms. The van der Waals surface area contributed by atoms with Crippen LogP contribution in [0.5, 0.6) is 0 Å². The number of hydrogen-bond donors (Lipinski definition) is 1. The van der Waals surface area contributed by atoms with Crippen LogP contribution in [0, 0.1) is 0 Å². The predicted octanol–water partition coefficient (Wildman–Crippen LogP) is 1.11. The normalized spacial score (nSPS) is 9.42. The Hall–Kier alpha value is -0.830. The van der Waals surface area contributed by atoms with Crippen LogP contribution in [0.4, 0.5) is 0 Å². The van der Waals surface area contributed by atoms with Crippen molar-refractivity contribution in [3.8, 4) is 0 Å². The van der Waals surface area contributed by atoms with Crippen LogP contribution in [-0.2, 0) is 9.53 Å². The molecule has 12 heavy (non-hydrogen) atoms. The average molecular weight is 171 g/mol. The maximum atomic E-state index is 11.0. The van der Waals surface area contributed by atoms with Gasteiger partial charge in [0, 0.05) is 19.6 Å². The van der Waals surface area contributed by atoms with E-state index in [1.165, 1.54) is 0 Å². The highest BCUT2D eigenvalue weighted by Crippen LogP contribution is 1.83. The molecule has 3 nitrogen and oxygen atoms in total. The molecule has 0 aliphatic carbocycles. The Morgan fingerprint density at radius 1 is 1.67 bits per heavy atom. The number of amides is 1. The van der Waals surface area contributed by atoms with Crippen molar-refractivity contribution in [2.24, 2.45) is 0 Å². The molecule has 0 aromatic carbocycles. The van der Waals surface area contributed by atoms with E-state index in [4.69, 9.17) is 4.74 Å². The summed E-state index contributed by atoms with van der Waals surface area (Å²) in [7, 11) is 0. The lowest BCUT2D eigenvalue weighted by Gasteiger charge is -2.02. The van der Waals surface area contributed by atoms with Gasteiger partial charge in [0.05, 0.1) is 6.61 Å². The molecule has 0 unspecified atom stereocenters. The zero-order valence-electron chi connectivity index (χ0n) is 7.64. The van der Waals surface area contributed by atoms with Crippen molar-refractivity contribution in [1.29, 1.82) is 0 Å². The first kappa shape index (κ1) is 11.2. The molecule has 0 saturated carbocycles. The molecule has 1 amide bonds. The van der Waals surface area contributed by atoms with Gasteiger partial charge in [-0.2, -0.15) is 0 Å². The van der Waals surface area contributed by atoms with Crippen molar-refractivity contribution in [2.45, 2.75) is 19.8 Å². The standard InChI is InChI=1S/C9H17NO2/c1-3-5-7-10-9(11)6-8-12-4-2/h3H,1,4-8H2,2H3,(H,10,11). The number of hydrogen-bond acceptors (Lipinski definition) is 2. The zero-order valence-corrected chi connectivity index (χ0v) is 7.64. The topological polar surface area (TPSA) is 38.3 Å². The minimum Gasteiger partial charge on any atom is -0.381 e. The molecule has 0 bridgehead atoms. The average Bonchev–Trinajstić information content (AvgIpc) is 2.06. The van der Waals surface area contributed by atoms with Gasteiger partial charge in [-0.05, 0) is 13.3 Å². The lowest BCUT2D eigenvalue weighted by atomic mass is 10.4. The van der Waals surface area contributed by atoms with Crippen LogP contribution >= 0.6 is 0 Å². The van der Waals surface area contributed by atoms with Gasteiger partial charge < -0.3 is 10.1 Å². The van der Waals surface area contributed by atoms with E-state index in [1.807, 2.05) is 6.92 Å². The van der Waals surface area contributed by atoms with Gasteiger partial charge in [0.25, 0.3) is 0 Å². The van der Waals surface area contributed by atoms with Crippen molar-refractivity contribution >= 4 is 5.91 Å². The first-order valence-corrected chi connectivity index (χ1v) is 4.26. The van der Waals surface area contributed by atoms with Gasteiger partial charge >= 0.3 is 0 Å². The summed E-state index contributed by atoms with van der Waals surface area (Å²) in [6.07, 6.45) is 3.05. The Kier molecular flexibility index (Phi) is 7.70. The Morgan fingerprint density at radius 2 is 2.42 bits per heavy atom. The Labute approximate surface area is 73.8 Å². The fourth-order valence-electron chi connectivity index (χ4n) is 0.711. The van der Waals surface area contributed by atoms with Gasteiger partial charge in [0.1, 0.15) is 0 Å². The fourth-order valence-corrected chi connectivity index (χ4v) is 0.711. The summed E-state index contributed by atoms with van der Waals surface area (Å²) in [6, 6.07) is 0. The van der Waals surface area contributed by atoms with E-state index in [2.05, 4.69) is 11.9 Å². The summed E-state index contributed by atoms with van der Waals surface area (Å²) in [4.78, 5) is 11.0. The third-order valence-electron chi connectivity index (χ3n) is 1.35. The van der Waals surface area contributed by atoms with E-state index >= 15 is 0 Å². The number of carbonyl (C=O) groups excluding carboxylic acids is 1. The molecule has 70 valence electrons. The van der Waals surface area contributed by atoms with Crippen LogP contribution in [-0.4, -0.2) is 25.7 Å². The van der Waals surface area contributed by atoms with Crippen molar-refractivity contribution in [3.63, 3.8) is 0 Å². The number of rotatable bonds is 7. The Morgan fingerprint density at radius 3 is 3.00 bits per heavy atom. The van der Waals surface area contributed by atoms with Crippen LogP contribution in [0.3, 0.4) is 0 Å². The van der Waals surface area contributed by atoms with E-state index < -0.39 is 0 Å². The van der Waals surface area contributed by atoms with Gasteiger partial charge in [-0.1, -0.05) is 6.08 Å². The first-order valence-electron chi connectivity index (χ1n) is 4.26. The minimum atomic E-state index is 0.0466. The Balaban J connectivity index is 3.15. The quantitative estimate of drug-likeness (QED) is 0.460. The molecule has 0 spiro atoms. The third-order valence-corrected chi connectivity index (χ3v) is 1.35. The molecule has 0 radical (unpaired) electrons. The summed E-state index contributed by atoms with van der Waals surface area (Å²) in [5, 5.41) is 2.75. The largest absolute Gasteiger partial charge is 0.381 e. The second-order valence-corrected chi connectivity index (χ2v) is 2.37. The van der Waals surface area contributed by atoms with E-state index in [0.29, 0.717) is 26.2 Å². The van der Waals surface area contributed by atoms with E-state index in [1.54, 1.807) is 6.08 Å². The van der Waals surface area contributed by atoms with Crippen LogP contribution < -0.4 is 5.32 Å². The van der Waals surface area contributed by atoms with Gasteiger partial charge in [0.2, 0.25) is 5.91 Å². The summed E-state index contributed by atoms with van der Waals surface area (Å²) in [5.74, 6) is 0.0466. The monoisotopic (exact) mass is 171 g/mol. The van der Waals surface area contributed by atoms with Crippen molar-refractivity contribution < 1.29 is 9.53 Å². The Bertz CT molecular complexity index is 134. The number of carbonyl (C=O) groups is 1. The summed E-state index contributed by atoms with van der Waals surface area (Å²) < 4.78 is 5.03. The first-order chi connectivity index (χ1) is 5.81. The highest BCUT2D eigenvalue weighted by molar-refractivity contribution is 5.75. The second-order valence-electron chi connectivity index (χ2n) is 2.37. The molecule has 0 heterocycles. The van der Waals surface area contributed by atoms with Crippen molar-refractivity contribution in [2.75, 3.05) is 19.8 Å². The second kappa shape index (κ2) is 8.27. The van der Waals surface area contributed by atoms with Gasteiger partial charge in [-0.3, -0.25) is 4.79 Å². The lowest BCUT2D eigenvalue weighted by Crippen LogP contribution is -2.25. The molecule has 1 N–H and O–H groups in total. The van der Waals surface area contributed by atoms with Crippen LogP contribution in [0.15, 0.2) is 12.7 Å². The van der Waals surface area contributed by atoms with Crippen molar-refractivity contribution in [1.82, 2.24) is 5.32 Å². The SMILES string of the molecule is C=CCCNC(=O)CCOCC. The maximum Gasteiger partial charge on any atom is 0.222 e. The van der Waals surface area contributed by atoms with Gasteiger partial charge in [0.15, 0.2) is 0 Å². The lowest BCUT2D eigenvalue weighted by molar-refractivity contribution is -0.122. The maximum absolute atomic E-state index is 11.0. The van der Waals surface area contributed by atoms with Gasteiger partial charge in [-0.15, -0.1) is 6.58 Å². The van der Waals surface area contributed by atoms with Crippen LogP contribution in [0.2, 0.25) is 0 Å². The summed E-state index contributed by atoms with van der Waals surface area (Å²) in [6.45, 7) is 7.32. The molecule has 0 saturated heterocycles.